The van der Waals surface area contributed by atoms with E-state index in [2.05, 4.69) is 71.1 Å². The molecule has 3 unspecified atom stereocenters. The number of imidazole rings is 1. The van der Waals surface area contributed by atoms with Gasteiger partial charge in [-0.2, -0.15) is 0 Å². The maximum atomic E-state index is 6.59. The van der Waals surface area contributed by atoms with Gasteiger partial charge in [0.1, 0.15) is 11.5 Å². The van der Waals surface area contributed by atoms with Gasteiger partial charge in [-0.3, -0.25) is 4.40 Å². The molecule has 0 radical (unpaired) electrons. The zero-order valence-electron chi connectivity index (χ0n) is 19.2. The lowest BCUT2D eigenvalue weighted by Gasteiger charge is -2.33. The van der Waals surface area contributed by atoms with Crippen LogP contribution in [0.4, 0.5) is 0 Å². The average Bonchev–Trinajstić information content (AvgIpc) is 3.24. The van der Waals surface area contributed by atoms with Gasteiger partial charge >= 0.3 is 0 Å². The second-order valence-electron chi connectivity index (χ2n) is 11.3. The monoisotopic (exact) mass is 401 g/mol. The molecule has 4 heterocycles. The van der Waals surface area contributed by atoms with Gasteiger partial charge in [-0.25, -0.2) is 9.97 Å². The smallest absolute Gasteiger partial charge is 0.148 e. The first-order chi connectivity index (χ1) is 14.0. The minimum atomic E-state index is -0.124. The summed E-state index contributed by atoms with van der Waals surface area (Å²) in [6.07, 6.45) is 5.62. The van der Waals surface area contributed by atoms with Crippen molar-refractivity contribution in [1.82, 2.24) is 14.4 Å². The van der Waals surface area contributed by atoms with Crippen LogP contribution in [0.3, 0.4) is 0 Å². The molecular formula is C26H31N3O. The third-order valence-electron chi connectivity index (χ3n) is 7.75. The first kappa shape index (κ1) is 18.6. The minimum absolute atomic E-state index is 0.0472. The van der Waals surface area contributed by atoms with E-state index in [4.69, 9.17) is 14.7 Å². The van der Waals surface area contributed by atoms with Crippen molar-refractivity contribution in [2.75, 3.05) is 0 Å². The molecule has 2 bridgehead atoms. The summed E-state index contributed by atoms with van der Waals surface area (Å²) in [5.41, 5.74) is 8.24. The van der Waals surface area contributed by atoms with Crippen LogP contribution in [0.1, 0.15) is 75.8 Å². The Bertz CT molecular complexity index is 1290. The predicted molar refractivity (Wildman–Crippen MR) is 121 cm³/mol. The van der Waals surface area contributed by atoms with Crippen LogP contribution in [0.15, 0.2) is 17.7 Å². The number of hydrogen-bond acceptors (Lipinski definition) is 3. The Labute approximate surface area is 178 Å². The van der Waals surface area contributed by atoms with E-state index in [-0.39, 0.29) is 16.6 Å². The van der Waals surface area contributed by atoms with Crippen molar-refractivity contribution in [3.63, 3.8) is 0 Å². The predicted octanol–water partition coefficient (Wildman–Crippen LogP) is 5.69. The summed E-state index contributed by atoms with van der Waals surface area (Å²) in [6.45, 7) is 15.6. The van der Waals surface area contributed by atoms with Crippen molar-refractivity contribution in [2.24, 2.45) is 5.92 Å². The zero-order chi connectivity index (χ0) is 21.2. The quantitative estimate of drug-likeness (QED) is 0.485. The van der Waals surface area contributed by atoms with Gasteiger partial charge in [-0.15, -0.1) is 0 Å². The number of hydrogen-bond donors (Lipinski definition) is 0. The van der Waals surface area contributed by atoms with Crippen LogP contribution in [0.25, 0.3) is 22.6 Å². The van der Waals surface area contributed by atoms with E-state index in [1.807, 2.05) is 0 Å². The highest BCUT2D eigenvalue weighted by Crippen LogP contribution is 2.59. The fourth-order valence-corrected chi connectivity index (χ4v) is 6.28. The third-order valence-corrected chi connectivity index (χ3v) is 7.75. The molecule has 2 aromatic heterocycles. The number of ether oxygens (including phenoxy) is 1. The molecule has 4 nitrogen and oxygen atoms in total. The van der Waals surface area contributed by atoms with Gasteiger partial charge in [-0.05, 0) is 69.4 Å². The van der Waals surface area contributed by atoms with Crippen LogP contribution in [-0.2, 0) is 16.6 Å². The lowest BCUT2D eigenvalue weighted by atomic mass is 9.68. The SMILES string of the molecule is Cc1cc(C)c2nc(C(C)(C)C)n3c4c(nc3c2c1)CC1C(=C4)C2(C)CCC1(C)O2. The highest BCUT2D eigenvalue weighted by atomic mass is 16.5. The molecule has 0 N–H and O–H groups in total. The molecule has 6 rings (SSSR count). The lowest BCUT2D eigenvalue weighted by Crippen LogP contribution is -2.35. The summed E-state index contributed by atoms with van der Waals surface area (Å²) in [7, 11) is 0. The Morgan fingerprint density at radius 2 is 1.87 bits per heavy atom. The summed E-state index contributed by atoms with van der Waals surface area (Å²) < 4.78 is 8.93. The van der Waals surface area contributed by atoms with Crippen molar-refractivity contribution < 1.29 is 4.74 Å². The van der Waals surface area contributed by atoms with Gasteiger partial charge in [0.15, 0.2) is 0 Å². The number of benzene rings is 1. The summed E-state index contributed by atoms with van der Waals surface area (Å²) in [5, 5.41) is 1.16. The van der Waals surface area contributed by atoms with Gasteiger partial charge in [0.2, 0.25) is 0 Å². The molecule has 4 heteroatoms. The van der Waals surface area contributed by atoms with E-state index in [0.29, 0.717) is 5.92 Å². The summed E-state index contributed by atoms with van der Waals surface area (Å²) >= 11 is 0. The van der Waals surface area contributed by atoms with E-state index in [1.165, 1.54) is 28.1 Å². The molecule has 30 heavy (non-hydrogen) atoms. The largest absolute Gasteiger partial charge is 0.364 e. The second kappa shape index (κ2) is 5.34. The van der Waals surface area contributed by atoms with Gasteiger partial charge in [0, 0.05) is 23.1 Å². The van der Waals surface area contributed by atoms with Gasteiger partial charge in [0.25, 0.3) is 0 Å². The van der Waals surface area contributed by atoms with Crippen molar-refractivity contribution in [3.05, 3.63) is 46.0 Å². The number of nitrogens with zero attached hydrogens (tertiary/aromatic N) is 3. The van der Waals surface area contributed by atoms with Gasteiger partial charge in [-0.1, -0.05) is 26.8 Å². The Hall–Kier alpha value is -2.20. The number of aromatic nitrogens is 3. The summed E-state index contributed by atoms with van der Waals surface area (Å²) in [4.78, 5) is 10.5. The van der Waals surface area contributed by atoms with E-state index < -0.39 is 0 Å². The normalized spacial score (nSPS) is 30.1. The molecular weight excluding hydrogens is 370 g/mol. The van der Waals surface area contributed by atoms with Crippen molar-refractivity contribution in [2.45, 2.75) is 84.3 Å². The molecule has 3 aliphatic rings. The lowest BCUT2D eigenvalue weighted by molar-refractivity contribution is -0.0341. The molecule has 2 aliphatic heterocycles. The second-order valence-corrected chi connectivity index (χ2v) is 11.3. The molecule has 0 spiro atoms. The standard InChI is InChI=1S/C26H31N3O/c1-14-10-15(2)21-16(11-14)22-27-19-12-17-18(26(7)9-8-25(17,6)30-26)13-20(19)29(22)23(28-21)24(3,4)5/h10-11,13,17H,8-9,12H2,1-7H3. The summed E-state index contributed by atoms with van der Waals surface area (Å²) in [6, 6.07) is 4.48. The molecule has 1 aliphatic carbocycles. The zero-order valence-corrected chi connectivity index (χ0v) is 19.2. The maximum absolute atomic E-state index is 6.59. The average molecular weight is 402 g/mol. The first-order valence-corrected chi connectivity index (χ1v) is 11.3. The molecule has 0 saturated carbocycles. The molecule has 3 aromatic rings. The van der Waals surface area contributed by atoms with E-state index >= 15 is 0 Å². The van der Waals surface area contributed by atoms with Crippen LogP contribution < -0.4 is 0 Å². The van der Waals surface area contributed by atoms with Crippen LogP contribution in [0, 0.1) is 19.8 Å². The third kappa shape index (κ3) is 2.21. The van der Waals surface area contributed by atoms with Crippen LogP contribution >= 0.6 is 0 Å². The molecule has 3 atom stereocenters. The summed E-state index contributed by atoms with van der Waals surface area (Å²) in [5.74, 6) is 1.52. The minimum Gasteiger partial charge on any atom is -0.364 e. The van der Waals surface area contributed by atoms with Crippen LogP contribution in [0.5, 0.6) is 0 Å². The number of rotatable bonds is 0. The van der Waals surface area contributed by atoms with Crippen LogP contribution in [-0.4, -0.2) is 25.6 Å². The topological polar surface area (TPSA) is 39.4 Å². The van der Waals surface area contributed by atoms with Crippen molar-refractivity contribution in [3.8, 4) is 0 Å². The highest BCUT2D eigenvalue weighted by molar-refractivity contribution is 5.95. The van der Waals surface area contributed by atoms with Crippen LogP contribution in [0.2, 0.25) is 0 Å². The van der Waals surface area contributed by atoms with Crippen molar-refractivity contribution in [1.29, 1.82) is 0 Å². The molecule has 0 amide bonds. The van der Waals surface area contributed by atoms with Gasteiger partial charge in [0.05, 0.1) is 28.1 Å². The maximum Gasteiger partial charge on any atom is 0.148 e. The molecule has 2 saturated heterocycles. The highest BCUT2D eigenvalue weighted by Gasteiger charge is 2.60. The number of aryl methyl sites for hydroxylation is 2. The Morgan fingerprint density at radius 1 is 1.10 bits per heavy atom. The van der Waals surface area contributed by atoms with E-state index in [9.17, 15) is 0 Å². The Kier molecular flexibility index (Phi) is 3.30. The number of fused-ring (bicyclic) bond motifs is 10. The van der Waals surface area contributed by atoms with E-state index in [0.717, 1.165) is 41.6 Å². The Morgan fingerprint density at radius 3 is 2.60 bits per heavy atom. The molecule has 2 fully saturated rings. The van der Waals surface area contributed by atoms with E-state index in [1.54, 1.807) is 0 Å². The fraction of sp³-hybridized carbons (Fsp3) is 0.538. The first-order valence-electron chi connectivity index (χ1n) is 11.3. The molecule has 1 aromatic carbocycles. The fourth-order valence-electron chi connectivity index (χ4n) is 6.28. The van der Waals surface area contributed by atoms with Gasteiger partial charge < -0.3 is 4.74 Å². The van der Waals surface area contributed by atoms with Crippen molar-refractivity contribution >= 4 is 22.6 Å². The Balaban J connectivity index is 1.73. The molecule has 156 valence electrons.